The molecule has 258 valence electrons. The number of rotatable bonds is 9. The van der Waals surface area contributed by atoms with Crippen molar-refractivity contribution in [2.45, 2.75) is 68.2 Å². The van der Waals surface area contributed by atoms with Gasteiger partial charge >= 0.3 is 0 Å². The number of hydrogen-bond acceptors (Lipinski definition) is 9. The highest BCUT2D eigenvalue weighted by molar-refractivity contribution is 7.92. The minimum Gasteiger partial charge on any atom is -0.490 e. The van der Waals surface area contributed by atoms with Crippen molar-refractivity contribution < 1.29 is 36.2 Å². The van der Waals surface area contributed by atoms with Crippen LogP contribution in [0.4, 0.5) is 5.69 Å². The number of aliphatic hydroxyl groups is 1. The molecule has 47 heavy (non-hydrogen) atoms. The highest BCUT2D eigenvalue weighted by Crippen LogP contribution is 2.30. The normalized spacial score (nSPS) is 21.0. The van der Waals surface area contributed by atoms with Crippen LogP contribution in [-0.4, -0.2) is 98.2 Å². The Labute approximate surface area is 277 Å². The van der Waals surface area contributed by atoms with Gasteiger partial charge in [0.15, 0.2) is 5.03 Å². The van der Waals surface area contributed by atoms with E-state index in [4.69, 9.17) is 9.47 Å². The fourth-order valence-corrected chi connectivity index (χ4v) is 7.51. The second kappa shape index (κ2) is 15.6. The number of ether oxygens (including phenoxy) is 2. The number of amides is 1. The monoisotopic (exact) mass is 691 g/mol. The van der Waals surface area contributed by atoms with Gasteiger partial charge in [-0.1, -0.05) is 25.1 Å². The third-order valence-electron chi connectivity index (χ3n) is 8.15. The van der Waals surface area contributed by atoms with Crippen LogP contribution in [0.3, 0.4) is 0 Å². The molecule has 4 rings (SSSR count). The van der Waals surface area contributed by atoms with Crippen LogP contribution in [0.15, 0.2) is 71.0 Å². The van der Waals surface area contributed by atoms with Crippen molar-refractivity contribution in [2.24, 2.45) is 13.0 Å². The summed E-state index contributed by atoms with van der Waals surface area (Å²) in [6, 6.07) is 11.8. The van der Waals surface area contributed by atoms with Crippen molar-refractivity contribution in [2.75, 3.05) is 38.1 Å². The fourth-order valence-electron chi connectivity index (χ4n) is 5.30. The van der Waals surface area contributed by atoms with Crippen LogP contribution >= 0.6 is 0 Å². The van der Waals surface area contributed by atoms with Crippen LogP contribution in [0, 0.1) is 5.92 Å². The molecule has 1 aliphatic heterocycles. The Balaban J connectivity index is 1.68. The van der Waals surface area contributed by atoms with Gasteiger partial charge in [0.2, 0.25) is 0 Å². The van der Waals surface area contributed by atoms with Crippen LogP contribution in [-0.2, 0) is 31.8 Å². The summed E-state index contributed by atoms with van der Waals surface area (Å²) in [6.45, 7) is 5.62. The maximum Gasteiger partial charge on any atom is 0.261 e. The van der Waals surface area contributed by atoms with E-state index in [0.29, 0.717) is 25.2 Å². The molecule has 2 N–H and O–H groups in total. The number of aliphatic hydroxyl groups excluding tert-OH is 1. The summed E-state index contributed by atoms with van der Waals surface area (Å²) in [5, 5.41) is 10.1. The molecule has 0 spiro atoms. The Morgan fingerprint density at radius 1 is 1.11 bits per heavy atom. The first-order valence-electron chi connectivity index (χ1n) is 15.6. The molecule has 15 heteroatoms. The third-order valence-corrected chi connectivity index (χ3v) is 11.3. The van der Waals surface area contributed by atoms with Gasteiger partial charge in [-0.05, 0) is 63.4 Å². The van der Waals surface area contributed by atoms with E-state index < -0.39 is 38.1 Å². The van der Waals surface area contributed by atoms with Crippen molar-refractivity contribution in [3.8, 4) is 5.75 Å². The summed E-state index contributed by atoms with van der Waals surface area (Å²) < 4.78 is 70.6. The third kappa shape index (κ3) is 9.11. The summed E-state index contributed by atoms with van der Waals surface area (Å²) >= 11 is 0. The lowest BCUT2D eigenvalue weighted by molar-refractivity contribution is -0.00835. The molecule has 0 saturated carbocycles. The van der Waals surface area contributed by atoms with Gasteiger partial charge in [0, 0.05) is 51.6 Å². The van der Waals surface area contributed by atoms with E-state index in [1.807, 2.05) is 13.8 Å². The quantitative estimate of drug-likeness (QED) is 0.343. The number of benzene rings is 2. The largest absolute Gasteiger partial charge is 0.490 e. The first-order chi connectivity index (χ1) is 22.2. The summed E-state index contributed by atoms with van der Waals surface area (Å²) in [4.78, 5) is 19.9. The number of carbonyl (C=O) groups is 1. The molecule has 1 aliphatic rings. The first-order valence-corrected chi connectivity index (χ1v) is 18.5. The number of imidazole rings is 1. The first kappa shape index (κ1) is 36.3. The summed E-state index contributed by atoms with van der Waals surface area (Å²) in [5.41, 5.74) is 0.299. The average Bonchev–Trinajstić information content (AvgIpc) is 3.49. The predicted octanol–water partition coefficient (Wildman–Crippen LogP) is 3.34. The van der Waals surface area contributed by atoms with E-state index in [1.165, 1.54) is 47.0 Å². The van der Waals surface area contributed by atoms with Gasteiger partial charge < -0.3 is 24.0 Å². The number of hydrogen-bond donors (Lipinski definition) is 2. The summed E-state index contributed by atoms with van der Waals surface area (Å²) in [5.74, 6) is -0.564. The Bertz CT molecular complexity index is 1720. The van der Waals surface area contributed by atoms with E-state index in [2.05, 4.69) is 9.71 Å². The Morgan fingerprint density at radius 2 is 1.83 bits per heavy atom. The van der Waals surface area contributed by atoms with Crippen LogP contribution in [0.25, 0.3) is 0 Å². The molecule has 0 aliphatic carbocycles. The van der Waals surface area contributed by atoms with E-state index >= 15 is 0 Å². The van der Waals surface area contributed by atoms with Crippen molar-refractivity contribution in [3.05, 3.63) is 66.6 Å². The molecule has 2 heterocycles. The lowest BCUT2D eigenvalue weighted by Crippen LogP contribution is -2.48. The molecule has 4 atom stereocenters. The van der Waals surface area contributed by atoms with Crippen molar-refractivity contribution in [1.82, 2.24) is 18.8 Å². The number of aryl methyl sites for hydroxylation is 1. The molecule has 1 aromatic heterocycles. The number of sulfonamides is 2. The predicted molar refractivity (Wildman–Crippen MR) is 177 cm³/mol. The number of anilines is 1. The summed E-state index contributed by atoms with van der Waals surface area (Å²) in [6.07, 6.45) is 4.10. The standard InChI is InChI=1S/C32H45N5O8S2/c1-23-18-37(24(2)21-38)32(39)28-17-26(34-46(40,41)27-12-7-6-8-13-27)14-15-29(28)45-25(3)11-9-10-16-44-30(23)19-36(5)47(42,43)31-20-35(4)22-33-31/h6-8,12-15,17,20,22-25,30,34,38H,9-11,16,18-19,21H2,1-5H3/t23-,24-,25-,30+/m0/s1. The van der Waals surface area contributed by atoms with E-state index in [1.54, 1.807) is 48.9 Å². The van der Waals surface area contributed by atoms with Gasteiger partial charge in [-0.2, -0.15) is 4.31 Å². The van der Waals surface area contributed by atoms with Crippen LogP contribution in [0.1, 0.15) is 50.4 Å². The minimum absolute atomic E-state index is 0.0110. The lowest BCUT2D eigenvalue weighted by Gasteiger charge is -2.35. The summed E-state index contributed by atoms with van der Waals surface area (Å²) in [7, 11) is -4.69. The van der Waals surface area contributed by atoms with E-state index in [9.17, 15) is 26.7 Å². The molecule has 0 bridgehead atoms. The lowest BCUT2D eigenvalue weighted by atomic mass is 10.0. The van der Waals surface area contributed by atoms with Gasteiger partial charge in [-0.15, -0.1) is 0 Å². The maximum atomic E-state index is 14.3. The number of aromatic nitrogens is 2. The number of fused-ring (bicyclic) bond motifs is 1. The van der Waals surface area contributed by atoms with Crippen LogP contribution < -0.4 is 9.46 Å². The second-order valence-electron chi connectivity index (χ2n) is 12.1. The van der Waals surface area contributed by atoms with Gasteiger partial charge in [0.25, 0.3) is 26.0 Å². The highest BCUT2D eigenvalue weighted by Gasteiger charge is 2.33. The Kier molecular flexibility index (Phi) is 12.1. The topological polar surface area (TPSA) is 160 Å². The van der Waals surface area contributed by atoms with Crippen LogP contribution in [0.5, 0.6) is 5.75 Å². The Hall–Kier alpha value is -3.50. The van der Waals surface area contributed by atoms with Crippen molar-refractivity contribution in [3.63, 3.8) is 0 Å². The highest BCUT2D eigenvalue weighted by atomic mass is 32.2. The minimum atomic E-state index is -3.94. The number of nitrogens with zero attached hydrogens (tertiary/aromatic N) is 4. The molecule has 13 nitrogen and oxygen atoms in total. The van der Waals surface area contributed by atoms with Gasteiger partial charge in [-0.3, -0.25) is 9.52 Å². The molecular formula is C32H45N5O8S2. The van der Waals surface area contributed by atoms with Gasteiger partial charge in [0.1, 0.15) is 5.75 Å². The number of likely N-dealkylation sites (N-methyl/N-ethyl adjacent to an activating group) is 1. The van der Waals surface area contributed by atoms with Crippen molar-refractivity contribution in [1.29, 1.82) is 0 Å². The number of carbonyl (C=O) groups excluding carboxylic acids is 1. The zero-order chi connectivity index (χ0) is 34.4. The second-order valence-corrected chi connectivity index (χ2v) is 15.8. The molecular weight excluding hydrogens is 647 g/mol. The maximum absolute atomic E-state index is 14.3. The fraction of sp³-hybridized carbons (Fsp3) is 0.500. The smallest absolute Gasteiger partial charge is 0.261 e. The SMILES string of the molecule is C[C@H]1CCCCO[C@H](CN(C)S(=O)(=O)c2cn(C)cn2)[C@@H](C)CN([C@@H](C)CO)C(=O)c2cc(NS(=O)(=O)c3ccccc3)ccc2O1. The van der Waals surface area contributed by atoms with Crippen LogP contribution in [0.2, 0.25) is 0 Å². The Morgan fingerprint density at radius 3 is 2.49 bits per heavy atom. The van der Waals surface area contributed by atoms with Gasteiger partial charge in [-0.25, -0.2) is 21.8 Å². The van der Waals surface area contributed by atoms with Crippen molar-refractivity contribution >= 4 is 31.6 Å². The zero-order valence-electron chi connectivity index (χ0n) is 27.4. The molecule has 3 aromatic rings. The molecule has 1 amide bonds. The average molecular weight is 692 g/mol. The van der Waals surface area contributed by atoms with E-state index in [0.717, 1.165) is 6.42 Å². The zero-order valence-corrected chi connectivity index (χ0v) is 29.1. The molecule has 0 unspecified atom stereocenters. The van der Waals surface area contributed by atoms with Gasteiger partial charge in [0.05, 0.1) is 41.6 Å². The molecule has 0 saturated heterocycles. The van der Waals surface area contributed by atoms with E-state index in [-0.39, 0.29) is 52.9 Å². The molecule has 0 fully saturated rings. The molecule has 0 radical (unpaired) electrons. The molecule has 2 aromatic carbocycles. The number of nitrogens with one attached hydrogen (secondary N) is 1.